The summed E-state index contributed by atoms with van der Waals surface area (Å²) in [6.07, 6.45) is 3.79. The Morgan fingerprint density at radius 1 is 1.12 bits per heavy atom. The second kappa shape index (κ2) is 6.31. The predicted octanol–water partition coefficient (Wildman–Crippen LogP) is 3.95. The maximum absolute atomic E-state index is 12.5. The number of amides is 1. The van der Waals surface area contributed by atoms with Gasteiger partial charge < -0.3 is 0 Å². The van der Waals surface area contributed by atoms with Gasteiger partial charge in [0.05, 0.1) is 6.42 Å². The second-order valence-corrected chi connectivity index (χ2v) is 6.90. The van der Waals surface area contributed by atoms with Gasteiger partial charge in [-0.1, -0.05) is 29.8 Å². The number of nitrogens with one attached hydrogen (secondary N) is 1. The molecule has 1 amide bonds. The highest BCUT2D eigenvalue weighted by molar-refractivity contribution is 5.92. The van der Waals surface area contributed by atoms with E-state index in [2.05, 4.69) is 19.9 Å². The first-order valence-corrected chi connectivity index (χ1v) is 8.81. The monoisotopic (exact) mass is 334 g/mol. The Morgan fingerprint density at radius 2 is 1.88 bits per heavy atom. The van der Waals surface area contributed by atoms with Crippen LogP contribution in [0, 0.1) is 13.8 Å². The van der Waals surface area contributed by atoms with Gasteiger partial charge in [0.2, 0.25) is 11.9 Å². The van der Waals surface area contributed by atoms with Crippen molar-refractivity contribution in [1.29, 1.82) is 0 Å². The SMILES string of the molecule is Cc1ccc(CC(=O)Nc2nc3ccc(C)nc3n2C2CCC2)cc1. The third kappa shape index (κ3) is 3.14. The lowest BCUT2D eigenvalue weighted by molar-refractivity contribution is -0.115. The maximum Gasteiger partial charge on any atom is 0.231 e. The third-order valence-corrected chi connectivity index (χ3v) is 4.85. The zero-order valence-corrected chi connectivity index (χ0v) is 14.6. The summed E-state index contributed by atoms with van der Waals surface area (Å²) in [6, 6.07) is 12.4. The van der Waals surface area contributed by atoms with Crippen LogP contribution in [0.2, 0.25) is 0 Å². The van der Waals surface area contributed by atoms with E-state index in [1.807, 2.05) is 50.2 Å². The standard InChI is InChI=1S/C20H22N4O/c1-13-6-9-15(10-7-13)12-18(25)23-20-22-17-11-8-14(2)21-19(17)24(20)16-4-3-5-16/h6-11,16H,3-5,12H2,1-2H3,(H,22,23,25). The summed E-state index contributed by atoms with van der Waals surface area (Å²) in [6.45, 7) is 4.02. The molecule has 0 atom stereocenters. The van der Waals surface area contributed by atoms with Crippen molar-refractivity contribution in [2.75, 3.05) is 5.32 Å². The van der Waals surface area contributed by atoms with Crippen LogP contribution in [0.15, 0.2) is 36.4 Å². The summed E-state index contributed by atoms with van der Waals surface area (Å²) in [5.41, 5.74) is 4.87. The number of aryl methyl sites for hydroxylation is 2. The minimum Gasteiger partial charge on any atom is -0.296 e. The summed E-state index contributed by atoms with van der Waals surface area (Å²) < 4.78 is 2.11. The third-order valence-electron chi connectivity index (χ3n) is 4.85. The summed E-state index contributed by atoms with van der Waals surface area (Å²) >= 11 is 0. The quantitative estimate of drug-likeness (QED) is 0.786. The number of fused-ring (bicyclic) bond motifs is 1. The Hall–Kier alpha value is -2.69. The minimum atomic E-state index is -0.0449. The normalized spacial score (nSPS) is 14.5. The molecule has 0 radical (unpaired) electrons. The highest BCUT2D eigenvalue weighted by Gasteiger charge is 2.26. The number of imidazole rings is 1. The van der Waals surface area contributed by atoms with Gasteiger partial charge in [0.1, 0.15) is 5.52 Å². The van der Waals surface area contributed by atoms with Crippen molar-refractivity contribution in [2.45, 2.75) is 45.6 Å². The van der Waals surface area contributed by atoms with Crippen molar-refractivity contribution in [3.63, 3.8) is 0 Å². The molecule has 2 aromatic heterocycles. The minimum absolute atomic E-state index is 0.0449. The number of aromatic nitrogens is 3. The number of benzene rings is 1. The Kier molecular flexibility index (Phi) is 3.99. The van der Waals surface area contributed by atoms with Crippen LogP contribution in [0.25, 0.3) is 11.2 Å². The van der Waals surface area contributed by atoms with E-state index in [1.54, 1.807) is 0 Å². The number of hydrogen-bond donors (Lipinski definition) is 1. The van der Waals surface area contributed by atoms with Crippen LogP contribution in [0.4, 0.5) is 5.95 Å². The molecule has 1 N–H and O–H groups in total. The van der Waals surface area contributed by atoms with E-state index in [0.29, 0.717) is 18.4 Å². The first-order chi connectivity index (χ1) is 12.1. The Bertz CT molecular complexity index is 923. The highest BCUT2D eigenvalue weighted by atomic mass is 16.1. The van der Waals surface area contributed by atoms with Crippen LogP contribution >= 0.6 is 0 Å². The smallest absolute Gasteiger partial charge is 0.231 e. The van der Waals surface area contributed by atoms with Crippen molar-refractivity contribution in [2.24, 2.45) is 0 Å². The Balaban J connectivity index is 1.61. The van der Waals surface area contributed by atoms with Gasteiger partial charge in [-0.05, 0) is 50.8 Å². The molecule has 128 valence electrons. The van der Waals surface area contributed by atoms with Gasteiger partial charge in [-0.2, -0.15) is 0 Å². The molecule has 0 bridgehead atoms. The van der Waals surface area contributed by atoms with Gasteiger partial charge in [0.25, 0.3) is 0 Å². The number of nitrogens with zero attached hydrogens (tertiary/aromatic N) is 3. The average molecular weight is 334 g/mol. The molecule has 2 heterocycles. The summed E-state index contributed by atoms with van der Waals surface area (Å²) in [5.74, 6) is 0.575. The molecule has 1 fully saturated rings. The number of carbonyl (C=O) groups excluding carboxylic acids is 1. The molecule has 0 aliphatic heterocycles. The summed E-state index contributed by atoms with van der Waals surface area (Å²) in [5, 5.41) is 3.00. The molecule has 5 heteroatoms. The van der Waals surface area contributed by atoms with Crippen LogP contribution < -0.4 is 5.32 Å². The number of anilines is 1. The van der Waals surface area contributed by atoms with Gasteiger partial charge >= 0.3 is 0 Å². The van der Waals surface area contributed by atoms with Crippen LogP contribution in [-0.4, -0.2) is 20.4 Å². The summed E-state index contributed by atoms with van der Waals surface area (Å²) in [7, 11) is 0. The number of carbonyl (C=O) groups is 1. The van der Waals surface area contributed by atoms with Crippen LogP contribution in [0.5, 0.6) is 0 Å². The molecule has 1 aromatic carbocycles. The largest absolute Gasteiger partial charge is 0.296 e. The molecule has 5 nitrogen and oxygen atoms in total. The first-order valence-electron chi connectivity index (χ1n) is 8.81. The zero-order valence-electron chi connectivity index (χ0n) is 14.6. The molecule has 1 aliphatic carbocycles. The fraction of sp³-hybridized carbons (Fsp3) is 0.350. The van der Waals surface area contributed by atoms with Crippen molar-refractivity contribution < 1.29 is 4.79 Å². The van der Waals surface area contributed by atoms with Gasteiger partial charge in [-0.25, -0.2) is 9.97 Å². The Labute approximate surface area is 147 Å². The van der Waals surface area contributed by atoms with E-state index in [4.69, 9.17) is 0 Å². The topological polar surface area (TPSA) is 59.8 Å². The van der Waals surface area contributed by atoms with E-state index < -0.39 is 0 Å². The molecule has 0 saturated heterocycles. The molecule has 25 heavy (non-hydrogen) atoms. The summed E-state index contributed by atoms with van der Waals surface area (Å²) in [4.78, 5) is 21.8. The first kappa shape index (κ1) is 15.8. The van der Waals surface area contributed by atoms with E-state index in [-0.39, 0.29) is 5.91 Å². The molecular weight excluding hydrogens is 312 g/mol. The second-order valence-electron chi connectivity index (χ2n) is 6.90. The molecule has 0 spiro atoms. The molecular formula is C20H22N4O. The molecule has 1 aliphatic rings. The number of rotatable bonds is 4. The van der Waals surface area contributed by atoms with E-state index in [0.717, 1.165) is 35.3 Å². The number of hydrogen-bond acceptors (Lipinski definition) is 3. The fourth-order valence-corrected chi connectivity index (χ4v) is 3.21. The van der Waals surface area contributed by atoms with Crippen molar-refractivity contribution >= 4 is 23.0 Å². The van der Waals surface area contributed by atoms with Crippen LogP contribution in [0.3, 0.4) is 0 Å². The highest BCUT2D eigenvalue weighted by Crippen LogP contribution is 2.36. The van der Waals surface area contributed by atoms with E-state index in [1.165, 1.54) is 12.0 Å². The van der Waals surface area contributed by atoms with Crippen LogP contribution in [-0.2, 0) is 11.2 Å². The lowest BCUT2D eigenvalue weighted by atomic mass is 9.93. The Morgan fingerprint density at radius 3 is 2.56 bits per heavy atom. The number of pyridine rings is 1. The van der Waals surface area contributed by atoms with Gasteiger partial charge in [0.15, 0.2) is 5.65 Å². The predicted molar refractivity (Wildman–Crippen MR) is 98.7 cm³/mol. The molecule has 4 rings (SSSR count). The zero-order chi connectivity index (χ0) is 17.4. The van der Waals surface area contributed by atoms with E-state index in [9.17, 15) is 4.79 Å². The molecule has 0 unspecified atom stereocenters. The molecule has 3 aromatic rings. The lowest BCUT2D eigenvalue weighted by Gasteiger charge is -2.28. The molecule has 1 saturated carbocycles. The van der Waals surface area contributed by atoms with Gasteiger partial charge in [-0.15, -0.1) is 0 Å². The van der Waals surface area contributed by atoms with Crippen molar-refractivity contribution in [3.8, 4) is 0 Å². The van der Waals surface area contributed by atoms with Gasteiger partial charge in [-0.3, -0.25) is 14.7 Å². The van der Waals surface area contributed by atoms with Crippen molar-refractivity contribution in [3.05, 3.63) is 53.2 Å². The lowest BCUT2D eigenvalue weighted by Crippen LogP contribution is -2.23. The van der Waals surface area contributed by atoms with Gasteiger partial charge in [0, 0.05) is 11.7 Å². The van der Waals surface area contributed by atoms with E-state index >= 15 is 0 Å². The maximum atomic E-state index is 12.5. The average Bonchev–Trinajstić information content (AvgIpc) is 2.86. The van der Waals surface area contributed by atoms with Crippen LogP contribution in [0.1, 0.15) is 42.1 Å². The fourth-order valence-electron chi connectivity index (χ4n) is 3.21. The van der Waals surface area contributed by atoms with Crippen molar-refractivity contribution in [1.82, 2.24) is 14.5 Å².